The molecule has 3 aromatic rings. The first-order valence-corrected chi connectivity index (χ1v) is 12.4. The van der Waals surface area contributed by atoms with Crippen molar-refractivity contribution < 1.29 is 27.9 Å². The Labute approximate surface area is 204 Å². The number of hydrogen-bond acceptors (Lipinski definition) is 5. The van der Waals surface area contributed by atoms with Gasteiger partial charge in [-0.05, 0) is 54.8 Å². The Kier molecular flexibility index (Phi) is 8.03. The van der Waals surface area contributed by atoms with E-state index in [1.807, 2.05) is 6.92 Å². The van der Waals surface area contributed by atoms with Crippen molar-refractivity contribution in [2.24, 2.45) is 0 Å². The molecular formula is C26H26N2O6S. The van der Waals surface area contributed by atoms with Gasteiger partial charge in [0.25, 0.3) is 15.9 Å². The largest absolute Gasteiger partial charge is 0.481 e. The summed E-state index contributed by atoms with van der Waals surface area (Å²) in [5.41, 5.74) is 3.30. The van der Waals surface area contributed by atoms with Crippen LogP contribution in [0.15, 0.2) is 65.6 Å². The molecule has 9 heteroatoms. The number of sulfonamides is 1. The van der Waals surface area contributed by atoms with Crippen LogP contribution in [-0.4, -0.2) is 38.2 Å². The van der Waals surface area contributed by atoms with Gasteiger partial charge in [-0.2, -0.15) is 0 Å². The highest BCUT2D eigenvalue weighted by Crippen LogP contribution is 2.26. The van der Waals surface area contributed by atoms with Gasteiger partial charge in [0.15, 0.2) is 0 Å². The molecule has 0 spiro atoms. The maximum Gasteiger partial charge on any atom is 0.307 e. The molecule has 0 aliphatic rings. The van der Waals surface area contributed by atoms with Crippen molar-refractivity contribution in [3.05, 3.63) is 94.0 Å². The Morgan fingerprint density at radius 3 is 2.31 bits per heavy atom. The number of carboxylic acid groups (broad SMARTS) is 1. The number of rotatable bonds is 10. The van der Waals surface area contributed by atoms with E-state index in [1.165, 1.54) is 18.2 Å². The summed E-state index contributed by atoms with van der Waals surface area (Å²) in [6.45, 7) is 4.03. The minimum Gasteiger partial charge on any atom is -0.481 e. The summed E-state index contributed by atoms with van der Waals surface area (Å²) in [6, 6.07) is 15.7. The van der Waals surface area contributed by atoms with Crippen molar-refractivity contribution in [3.63, 3.8) is 0 Å². The average Bonchev–Trinajstić information content (AvgIpc) is 2.80. The van der Waals surface area contributed by atoms with Gasteiger partial charge in [0, 0.05) is 24.1 Å². The van der Waals surface area contributed by atoms with Crippen molar-refractivity contribution in [2.75, 3.05) is 11.3 Å². The van der Waals surface area contributed by atoms with Gasteiger partial charge in [-0.25, -0.2) is 8.42 Å². The molecule has 0 fully saturated rings. The number of amides is 1. The van der Waals surface area contributed by atoms with Crippen molar-refractivity contribution in [1.29, 1.82) is 0 Å². The first kappa shape index (κ1) is 25.6. The molecule has 3 N–H and O–H groups in total. The first-order valence-electron chi connectivity index (χ1n) is 10.9. The van der Waals surface area contributed by atoms with E-state index in [4.69, 9.17) is 5.11 Å². The van der Waals surface area contributed by atoms with E-state index in [0.717, 1.165) is 5.56 Å². The van der Waals surface area contributed by atoms with Gasteiger partial charge in [-0.1, -0.05) is 42.0 Å². The lowest BCUT2D eigenvalue weighted by atomic mass is 9.95. The fourth-order valence-electron chi connectivity index (χ4n) is 3.57. The van der Waals surface area contributed by atoms with E-state index < -0.39 is 16.0 Å². The Bertz CT molecular complexity index is 1370. The summed E-state index contributed by atoms with van der Waals surface area (Å²) in [5.74, 6) is -1.36. The van der Waals surface area contributed by atoms with Crippen LogP contribution in [0.1, 0.15) is 49.9 Å². The number of nitrogens with one attached hydrogen (secondary N) is 2. The molecule has 182 valence electrons. The maximum absolute atomic E-state index is 13.1. The number of hydrogen-bond donors (Lipinski definition) is 3. The highest BCUT2D eigenvalue weighted by atomic mass is 32.2. The van der Waals surface area contributed by atoms with Gasteiger partial charge >= 0.3 is 5.97 Å². The van der Waals surface area contributed by atoms with E-state index in [9.17, 15) is 22.8 Å². The van der Waals surface area contributed by atoms with Gasteiger partial charge in [0.05, 0.1) is 17.0 Å². The van der Waals surface area contributed by atoms with Crippen LogP contribution < -0.4 is 10.0 Å². The molecule has 0 aromatic heterocycles. The second-order valence-corrected chi connectivity index (χ2v) is 9.73. The number of carbonyl (C=O) groups is 3. The van der Waals surface area contributed by atoms with E-state index in [0.29, 0.717) is 35.1 Å². The van der Waals surface area contributed by atoms with Crippen LogP contribution in [0.4, 0.5) is 5.69 Å². The summed E-state index contributed by atoms with van der Waals surface area (Å²) >= 11 is 0. The first-order chi connectivity index (χ1) is 16.6. The van der Waals surface area contributed by atoms with Crippen molar-refractivity contribution in [1.82, 2.24) is 5.32 Å². The molecule has 8 nitrogen and oxygen atoms in total. The molecule has 0 radical (unpaired) electrons. The van der Waals surface area contributed by atoms with Gasteiger partial charge in [0.2, 0.25) is 0 Å². The lowest BCUT2D eigenvalue weighted by molar-refractivity contribution is -0.136. The SMILES string of the molecule is CCNC(=O)c1ccc(Cc2cc(CC(=O)O)ccc2C=O)c(NS(=O)(=O)c2ccc(C)cc2)c1. The normalized spacial score (nSPS) is 11.0. The van der Waals surface area contributed by atoms with Crippen molar-refractivity contribution in [2.45, 2.75) is 31.6 Å². The monoisotopic (exact) mass is 494 g/mol. The average molecular weight is 495 g/mol. The third kappa shape index (κ3) is 6.54. The van der Waals surface area contributed by atoms with Crippen LogP contribution in [0.25, 0.3) is 0 Å². The molecule has 0 heterocycles. The predicted molar refractivity (Wildman–Crippen MR) is 132 cm³/mol. The Morgan fingerprint density at radius 2 is 1.69 bits per heavy atom. The molecule has 0 atom stereocenters. The predicted octanol–water partition coefficient (Wildman–Crippen LogP) is 3.58. The third-order valence-corrected chi connectivity index (χ3v) is 6.74. The molecule has 0 saturated carbocycles. The van der Waals surface area contributed by atoms with Gasteiger partial charge in [0.1, 0.15) is 6.29 Å². The zero-order valence-electron chi connectivity index (χ0n) is 19.4. The molecular weight excluding hydrogens is 468 g/mol. The van der Waals surface area contributed by atoms with Crippen LogP contribution in [0.5, 0.6) is 0 Å². The van der Waals surface area contributed by atoms with E-state index in [2.05, 4.69) is 10.0 Å². The molecule has 35 heavy (non-hydrogen) atoms. The number of aldehydes is 1. The topological polar surface area (TPSA) is 130 Å². The van der Waals surface area contributed by atoms with Crippen LogP contribution in [0.3, 0.4) is 0 Å². The lowest BCUT2D eigenvalue weighted by Gasteiger charge is -2.16. The van der Waals surface area contributed by atoms with E-state index in [-0.39, 0.29) is 34.9 Å². The second-order valence-electron chi connectivity index (χ2n) is 8.05. The summed E-state index contributed by atoms with van der Waals surface area (Å²) in [5, 5.41) is 11.8. The van der Waals surface area contributed by atoms with Crippen molar-refractivity contribution in [3.8, 4) is 0 Å². The summed E-state index contributed by atoms with van der Waals surface area (Å²) in [7, 11) is -3.97. The molecule has 3 aromatic carbocycles. The van der Waals surface area contributed by atoms with Gasteiger partial charge in [-0.15, -0.1) is 0 Å². The Hall–Kier alpha value is -3.98. The van der Waals surface area contributed by atoms with Crippen LogP contribution in [0.2, 0.25) is 0 Å². The smallest absolute Gasteiger partial charge is 0.307 e. The molecule has 0 aliphatic heterocycles. The van der Waals surface area contributed by atoms with Crippen LogP contribution >= 0.6 is 0 Å². The zero-order valence-corrected chi connectivity index (χ0v) is 20.2. The fourth-order valence-corrected chi connectivity index (χ4v) is 4.66. The van der Waals surface area contributed by atoms with Crippen LogP contribution in [-0.2, 0) is 27.7 Å². The molecule has 0 bridgehead atoms. The molecule has 0 aliphatic carbocycles. The Morgan fingerprint density at radius 1 is 0.971 bits per heavy atom. The highest BCUT2D eigenvalue weighted by Gasteiger charge is 2.19. The highest BCUT2D eigenvalue weighted by molar-refractivity contribution is 7.92. The lowest BCUT2D eigenvalue weighted by Crippen LogP contribution is -2.23. The number of carboxylic acids is 1. The number of carbonyl (C=O) groups excluding carboxylic acids is 2. The summed E-state index contributed by atoms with van der Waals surface area (Å²) < 4.78 is 28.8. The maximum atomic E-state index is 13.1. The number of aryl methyl sites for hydroxylation is 1. The standard InChI is InChI=1S/C26H26N2O6S/c1-3-27-26(32)20-9-8-19(14-22-12-18(13-25(30)31)6-7-21(22)16-29)24(15-20)28-35(33,34)23-10-4-17(2)5-11-23/h4-12,15-16,28H,3,13-14H2,1-2H3,(H,27,32)(H,30,31). The molecule has 3 rings (SSSR count). The van der Waals surface area contributed by atoms with E-state index in [1.54, 1.807) is 49.4 Å². The third-order valence-electron chi connectivity index (χ3n) is 5.36. The summed E-state index contributed by atoms with van der Waals surface area (Å²) in [6.07, 6.45) is 0.594. The molecule has 0 saturated heterocycles. The van der Waals surface area contributed by atoms with Gasteiger partial charge in [-0.3, -0.25) is 19.1 Å². The van der Waals surface area contributed by atoms with Gasteiger partial charge < -0.3 is 10.4 Å². The molecule has 1 amide bonds. The number of benzene rings is 3. The zero-order chi connectivity index (χ0) is 25.6. The van der Waals surface area contributed by atoms with Crippen LogP contribution in [0, 0.1) is 6.92 Å². The second kappa shape index (κ2) is 11.0. The Balaban J connectivity index is 2.06. The quantitative estimate of drug-likeness (QED) is 0.370. The minimum atomic E-state index is -3.97. The van der Waals surface area contributed by atoms with Crippen molar-refractivity contribution >= 4 is 33.9 Å². The number of anilines is 1. The fraction of sp³-hybridized carbons (Fsp3) is 0.192. The summed E-state index contributed by atoms with van der Waals surface area (Å²) in [4.78, 5) is 35.2. The molecule has 0 unspecified atom stereocenters. The van der Waals surface area contributed by atoms with E-state index >= 15 is 0 Å². The minimum absolute atomic E-state index is 0.0644. The number of aliphatic carboxylic acids is 1.